The largest absolute Gasteiger partial charge is 0.481 e. The van der Waals surface area contributed by atoms with Crippen LogP contribution >= 0.6 is 0 Å². The first kappa shape index (κ1) is 15.2. The Hall–Kier alpha value is -1.88. The van der Waals surface area contributed by atoms with Gasteiger partial charge in [0.05, 0.1) is 5.54 Å². The fourth-order valence-corrected chi connectivity index (χ4v) is 1.69. The van der Waals surface area contributed by atoms with E-state index in [1.807, 2.05) is 30.3 Å². The molecule has 0 spiro atoms. The summed E-state index contributed by atoms with van der Waals surface area (Å²) in [6, 6.07) is 9.14. The molecule has 19 heavy (non-hydrogen) atoms. The van der Waals surface area contributed by atoms with Crippen LogP contribution in [0.2, 0.25) is 0 Å². The van der Waals surface area contributed by atoms with Gasteiger partial charge in [0.1, 0.15) is 0 Å². The Morgan fingerprint density at radius 3 is 2.32 bits per heavy atom. The van der Waals surface area contributed by atoms with Gasteiger partial charge in [0.15, 0.2) is 0 Å². The number of anilines is 1. The smallest absolute Gasteiger partial charge is 0.303 e. The molecule has 104 valence electrons. The number of rotatable bonds is 6. The predicted molar refractivity (Wildman–Crippen MR) is 73.9 cm³/mol. The monoisotopic (exact) mass is 264 g/mol. The van der Waals surface area contributed by atoms with Crippen molar-refractivity contribution in [2.24, 2.45) is 5.73 Å². The first-order valence-corrected chi connectivity index (χ1v) is 6.20. The van der Waals surface area contributed by atoms with Crippen LogP contribution in [0.3, 0.4) is 0 Å². The van der Waals surface area contributed by atoms with E-state index in [0.29, 0.717) is 13.0 Å². The molecule has 0 aliphatic heterocycles. The number of nitrogens with two attached hydrogens (primary N) is 1. The van der Waals surface area contributed by atoms with E-state index in [1.165, 1.54) is 0 Å². The van der Waals surface area contributed by atoms with E-state index in [9.17, 15) is 9.59 Å². The fourth-order valence-electron chi connectivity index (χ4n) is 1.69. The number of benzene rings is 1. The van der Waals surface area contributed by atoms with Crippen molar-refractivity contribution in [1.29, 1.82) is 0 Å². The molecule has 5 heteroatoms. The summed E-state index contributed by atoms with van der Waals surface area (Å²) < 4.78 is 0. The molecule has 0 unspecified atom stereocenters. The van der Waals surface area contributed by atoms with Gasteiger partial charge >= 0.3 is 5.97 Å². The molecule has 0 fully saturated rings. The summed E-state index contributed by atoms with van der Waals surface area (Å²) in [6.07, 6.45) is 0.424. The number of hydrogen-bond acceptors (Lipinski definition) is 3. The summed E-state index contributed by atoms with van der Waals surface area (Å²) in [4.78, 5) is 24.4. The third kappa shape index (κ3) is 4.71. The number of amides is 1. The maximum Gasteiger partial charge on any atom is 0.303 e. The minimum absolute atomic E-state index is 0.0294. The fraction of sp³-hybridized carbons (Fsp3) is 0.429. The van der Waals surface area contributed by atoms with Crippen molar-refractivity contribution < 1.29 is 14.7 Å². The molecular formula is C14H20N2O3. The first-order chi connectivity index (χ1) is 8.82. The Balaban J connectivity index is 2.86. The lowest BCUT2D eigenvalue weighted by molar-refractivity contribution is -0.137. The topological polar surface area (TPSA) is 83.6 Å². The quantitative estimate of drug-likeness (QED) is 0.817. The van der Waals surface area contributed by atoms with Crippen LogP contribution < -0.4 is 10.6 Å². The molecule has 0 saturated heterocycles. The number of para-hydroxylation sites is 1. The minimum Gasteiger partial charge on any atom is -0.481 e. The normalized spacial score (nSPS) is 11.1. The van der Waals surface area contributed by atoms with Gasteiger partial charge in [0.25, 0.3) is 0 Å². The molecule has 0 aliphatic carbocycles. The van der Waals surface area contributed by atoms with E-state index in [2.05, 4.69) is 0 Å². The van der Waals surface area contributed by atoms with Crippen LogP contribution in [0.1, 0.15) is 26.7 Å². The van der Waals surface area contributed by atoms with Gasteiger partial charge < -0.3 is 15.7 Å². The molecule has 0 saturated carbocycles. The van der Waals surface area contributed by atoms with Gasteiger partial charge in [-0.25, -0.2) is 0 Å². The zero-order valence-corrected chi connectivity index (χ0v) is 11.3. The molecule has 1 aromatic carbocycles. The van der Waals surface area contributed by atoms with Crippen molar-refractivity contribution in [3.8, 4) is 0 Å². The predicted octanol–water partition coefficient (Wildman–Crippen LogP) is 1.62. The molecule has 0 bridgehead atoms. The van der Waals surface area contributed by atoms with Crippen LogP contribution in [-0.2, 0) is 9.59 Å². The van der Waals surface area contributed by atoms with E-state index in [4.69, 9.17) is 10.8 Å². The number of carbonyl (C=O) groups is 2. The lowest BCUT2D eigenvalue weighted by atomic mass is 10.0. The summed E-state index contributed by atoms with van der Waals surface area (Å²) in [5, 5.41) is 8.67. The van der Waals surface area contributed by atoms with Gasteiger partial charge in [-0.2, -0.15) is 0 Å². The molecule has 0 radical (unpaired) electrons. The van der Waals surface area contributed by atoms with Gasteiger partial charge in [-0.3, -0.25) is 9.59 Å². The van der Waals surface area contributed by atoms with Gasteiger partial charge in [0.2, 0.25) is 5.91 Å². The van der Waals surface area contributed by atoms with Crippen LogP contribution in [-0.4, -0.2) is 29.1 Å². The molecule has 1 aromatic rings. The van der Waals surface area contributed by atoms with E-state index in [0.717, 1.165) is 5.69 Å². The van der Waals surface area contributed by atoms with Crippen molar-refractivity contribution >= 4 is 17.6 Å². The highest BCUT2D eigenvalue weighted by atomic mass is 16.4. The highest BCUT2D eigenvalue weighted by Crippen LogP contribution is 2.18. The molecule has 0 aliphatic rings. The molecule has 1 amide bonds. The zero-order chi connectivity index (χ0) is 14.5. The summed E-state index contributed by atoms with van der Waals surface area (Å²) in [6.45, 7) is 3.63. The number of aliphatic carboxylic acids is 1. The van der Waals surface area contributed by atoms with Crippen molar-refractivity contribution in [3.63, 3.8) is 0 Å². The number of nitrogens with zero attached hydrogens (tertiary/aromatic N) is 1. The van der Waals surface area contributed by atoms with Crippen LogP contribution in [0.15, 0.2) is 30.3 Å². The van der Waals surface area contributed by atoms with Gasteiger partial charge in [-0.15, -0.1) is 0 Å². The summed E-state index contributed by atoms with van der Waals surface area (Å²) in [5.74, 6) is -1.09. The van der Waals surface area contributed by atoms with Crippen molar-refractivity contribution in [1.82, 2.24) is 0 Å². The molecule has 5 nitrogen and oxygen atoms in total. The van der Waals surface area contributed by atoms with Crippen LogP contribution in [0.25, 0.3) is 0 Å². The van der Waals surface area contributed by atoms with E-state index in [1.54, 1.807) is 18.7 Å². The van der Waals surface area contributed by atoms with Gasteiger partial charge in [-0.1, -0.05) is 18.2 Å². The lowest BCUT2D eigenvalue weighted by Crippen LogP contribution is -2.51. The molecular weight excluding hydrogens is 244 g/mol. The van der Waals surface area contributed by atoms with E-state index in [-0.39, 0.29) is 12.3 Å². The Labute approximate surface area is 113 Å². The number of carboxylic acids is 1. The lowest BCUT2D eigenvalue weighted by Gasteiger charge is -2.29. The van der Waals surface area contributed by atoms with Crippen molar-refractivity contribution in [2.45, 2.75) is 32.2 Å². The zero-order valence-electron chi connectivity index (χ0n) is 11.3. The highest BCUT2D eigenvalue weighted by Gasteiger charge is 2.28. The molecule has 1 rings (SSSR count). The molecule has 0 heterocycles. The second-order valence-electron chi connectivity index (χ2n) is 5.01. The van der Waals surface area contributed by atoms with Crippen LogP contribution in [0, 0.1) is 0 Å². The second-order valence-corrected chi connectivity index (χ2v) is 5.01. The standard InChI is InChI=1S/C14H20N2O3/c1-14(2,15)13(19)16(10-6-9-12(17)18)11-7-4-3-5-8-11/h3-5,7-8H,6,9-10,15H2,1-2H3,(H,17,18). The maximum absolute atomic E-state index is 12.3. The third-order valence-electron chi connectivity index (χ3n) is 2.64. The summed E-state index contributed by atoms with van der Waals surface area (Å²) in [7, 11) is 0. The third-order valence-corrected chi connectivity index (χ3v) is 2.64. The summed E-state index contributed by atoms with van der Waals surface area (Å²) >= 11 is 0. The number of hydrogen-bond donors (Lipinski definition) is 2. The Morgan fingerprint density at radius 2 is 1.84 bits per heavy atom. The van der Waals surface area contributed by atoms with E-state index >= 15 is 0 Å². The van der Waals surface area contributed by atoms with Gasteiger partial charge in [-0.05, 0) is 32.4 Å². The first-order valence-electron chi connectivity index (χ1n) is 6.20. The maximum atomic E-state index is 12.3. The molecule has 3 N–H and O–H groups in total. The van der Waals surface area contributed by atoms with Crippen molar-refractivity contribution in [3.05, 3.63) is 30.3 Å². The van der Waals surface area contributed by atoms with E-state index < -0.39 is 11.5 Å². The number of carboxylic acid groups (broad SMARTS) is 1. The highest BCUT2D eigenvalue weighted by molar-refractivity contribution is 5.99. The van der Waals surface area contributed by atoms with Crippen LogP contribution in [0.4, 0.5) is 5.69 Å². The Morgan fingerprint density at radius 1 is 1.26 bits per heavy atom. The minimum atomic E-state index is -0.987. The molecule has 0 atom stereocenters. The van der Waals surface area contributed by atoms with Crippen molar-refractivity contribution in [2.75, 3.05) is 11.4 Å². The summed E-state index contributed by atoms with van der Waals surface area (Å²) in [5.41, 5.74) is 5.59. The Bertz CT molecular complexity index is 438. The SMILES string of the molecule is CC(C)(N)C(=O)N(CCCC(=O)O)c1ccccc1. The molecule has 0 aromatic heterocycles. The Kier molecular flexibility index (Phi) is 5.06. The van der Waals surface area contributed by atoms with Crippen LogP contribution in [0.5, 0.6) is 0 Å². The average molecular weight is 264 g/mol. The average Bonchev–Trinajstić information content (AvgIpc) is 2.33. The number of carbonyl (C=O) groups excluding carboxylic acids is 1. The second kappa shape index (κ2) is 6.33. The van der Waals surface area contributed by atoms with Gasteiger partial charge in [0, 0.05) is 18.7 Å².